The number of nitrogens with one attached hydrogen (secondary N) is 1. The highest BCUT2D eigenvalue weighted by atomic mass is 16.2. The van der Waals surface area contributed by atoms with Gasteiger partial charge in [-0.3, -0.25) is 9.80 Å². The first kappa shape index (κ1) is 9.60. The Balaban J connectivity index is 1.61. The fourth-order valence-corrected chi connectivity index (χ4v) is 2.70. The maximum absolute atomic E-state index is 11.7. The molecule has 2 saturated heterocycles. The van der Waals surface area contributed by atoms with Gasteiger partial charge in [-0.25, -0.2) is 5.01 Å². The monoisotopic (exact) mass is 209 g/mol. The van der Waals surface area contributed by atoms with Crippen molar-refractivity contribution in [1.29, 1.82) is 0 Å². The topological polar surface area (TPSA) is 35.6 Å². The zero-order chi connectivity index (χ0) is 10.3. The number of carbonyl (C=O) groups is 1. The first-order chi connectivity index (χ1) is 7.34. The second-order valence-corrected chi connectivity index (χ2v) is 4.93. The van der Waals surface area contributed by atoms with E-state index in [9.17, 15) is 4.79 Å². The molecule has 1 unspecified atom stereocenters. The van der Waals surface area contributed by atoms with Gasteiger partial charge in [0.05, 0.1) is 0 Å². The lowest BCUT2D eigenvalue weighted by Gasteiger charge is -2.30. The fraction of sp³-hybridized carbons (Fsp3) is 0.909. The summed E-state index contributed by atoms with van der Waals surface area (Å²) in [6.45, 7) is 3.12. The van der Waals surface area contributed by atoms with Crippen molar-refractivity contribution in [1.82, 2.24) is 15.3 Å². The number of carbonyl (C=O) groups excluding carboxylic acids is 1. The summed E-state index contributed by atoms with van der Waals surface area (Å²) >= 11 is 0. The summed E-state index contributed by atoms with van der Waals surface area (Å²) in [5.41, 5.74) is 0. The summed E-state index contributed by atoms with van der Waals surface area (Å²) in [7, 11) is 0. The normalized spacial score (nSPS) is 32.9. The van der Waals surface area contributed by atoms with Gasteiger partial charge < -0.3 is 5.32 Å². The molecular weight excluding hydrogens is 190 g/mol. The Hall–Kier alpha value is -0.610. The molecule has 1 aliphatic carbocycles. The Morgan fingerprint density at radius 2 is 2.20 bits per heavy atom. The lowest BCUT2D eigenvalue weighted by molar-refractivity contribution is -0.139. The quantitative estimate of drug-likeness (QED) is 0.728. The highest BCUT2D eigenvalue weighted by Gasteiger charge is 2.40. The summed E-state index contributed by atoms with van der Waals surface area (Å²) in [6.07, 6.45) is 5.70. The van der Waals surface area contributed by atoms with Crippen LogP contribution in [0.15, 0.2) is 0 Å². The molecule has 1 amide bonds. The Labute approximate surface area is 90.6 Å². The Morgan fingerprint density at radius 1 is 1.33 bits per heavy atom. The van der Waals surface area contributed by atoms with Crippen LogP contribution < -0.4 is 5.32 Å². The third kappa shape index (κ3) is 1.88. The predicted molar refractivity (Wildman–Crippen MR) is 57.1 cm³/mol. The number of nitrogens with zero attached hydrogens (tertiary/aromatic N) is 2. The van der Waals surface area contributed by atoms with Gasteiger partial charge in [-0.2, -0.15) is 0 Å². The van der Waals surface area contributed by atoms with Crippen molar-refractivity contribution in [3.63, 3.8) is 0 Å². The smallest absolute Gasteiger partial charge is 0.238 e. The Kier molecular flexibility index (Phi) is 2.41. The molecule has 0 aromatic rings. The third-order valence-corrected chi connectivity index (χ3v) is 3.63. The average molecular weight is 209 g/mol. The van der Waals surface area contributed by atoms with E-state index >= 15 is 0 Å². The minimum absolute atomic E-state index is 0.343. The summed E-state index contributed by atoms with van der Waals surface area (Å²) in [5.74, 6) is 0.343. The molecule has 2 aliphatic heterocycles. The van der Waals surface area contributed by atoms with Crippen LogP contribution in [-0.2, 0) is 4.79 Å². The molecule has 0 bridgehead atoms. The summed E-state index contributed by atoms with van der Waals surface area (Å²) in [6, 6.07) is 1.15. The number of amides is 1. The molecule has 0 aromatic heterocycles. The van der Waals surface area contributed by atoms with E-state index in [1.807, 2.05) is 5.01 Å². The van der Waals surface area contributed by atoms with Crippen molar-refractivity contribution in [3.8, 4) is 0 Å². The number of hydrogen-bond donors (Lipinski definition) is 1. The van der Waals surface area contributed by atoms with Gasteiger partial charge in [-0.05, 0) is 32.2 Å². The third-order valence-electron chi connectivity index (χ3n) is 3.63. The van der Waals surface area contributed by atoms with Crippen molar-refractivity contribution in [3.05, 3.63) is 0 Å². The standard InChI is InChI=1S/C11H19N3O/c15-11-5-7-13(14(11)10-3-4-10)8-9-2-1-6-12-9/h9-10,12H,1-8H2. The maximum atomic E-state index is 11.7. The summed E-state index contributed by atoms with van der Waals surface area (Å²) in [5, 5.41) is 7.82. The van der Waals surface area contributed by atoms with Crippen LogP contribution in [0, 0.1) is 0 Å². The number of rotatable bonds is 3. The van der Waals surface area contributed by atoms with Gasteiger partial charge in [0.15, 0.2) is 0 Å². The van der Waals surface area contributed by atoms with Crippen molar-refractivity contribution < 1.29 is 4.79 Å². The molecule has 4 heteroatoms. The van der Waals surface area contributed by atoms with Gasteiger partial charge in [0.2, 0.25) is 5.91 Å². The second kappa shape index (κ2) is 3.76. The lowest BCUT2D eigenvalue weighted by Crippen LogP contribution is -2.46. The van der Waals surface area contributed by atoms with Crippen molar-refractivity contribution in [2.45, 2.75) is 44.2 Å². The zero-order valence-corrected chi connectivity index (χ0v) is 9.11. The van der Waals surface area contributed by atoms with Crippen LogP contribution in [0.25, 0.3) is 0 Å². The van der Waals surface area contributed by atoms with E-state index in [2.05, 4.69) is 10.3 Å². The van der Waals surface area contributed by atoms with Crippen LogP contribution in [0.4, 0.5) is 0 Å². The van der Waals surface area contributed by atoms with Gasteiger partial charge in [0.25, 0.3) is 0 Å². The van der Waals surface area contributed by atoms with E-state index < -0.39 is 0 Å². The van der Waals surface area contributed by atoms with Crippen LogP contribution >= 0.6 is 0 Å². The van der Waals surface area contributed by atoms with E-state index in [0.717, 1.165) is 26.1 Å². The molecule has 1 N–H and O–H groups in total. The van der Waals surface area contributed by atoms with Gasteiger partial charge in [0.1, 0.15) is 0 Å². The predicted octanol–water partition coefficient (Wildman–Crippen LogP) is 0.350. The summed E-state index contributed by atoms with van der Waals surface area (Å²) < 4.78 is 0. The van der Waals surface area contributed by atoms with Crippen LogP contribution in [-0.4, -0.2) is 47.6 Å². The molecule has 4 nitrogen and oxygen atoms in total. The van der Waals surface area contributed by atoms with Gasteiger partial charge in [-0.1, -0.05) is 0 Å². The Morgan fingerprint density at radius 3 is 2.87 bits per heavy atom. The summed E-state index contributed by atoms with van der Waals surface area (Å²) in [4.78, 5) is 11.7. The highest BCUT2D eigenvalue weighted by molar-refractivity contribution is 5.78. The van der Waals surface area contributed by atoms with Crippen LogP contribution in [0.1, 0.15) is 32.1 Å². The van der Waals surface area contributed by atoms with E-state index in [4.69, 9.17) is 0 Å². The molecule has 15 heavy (non-hydrogen) atoms. The minimum atomic E-state index is 0.343. The van der Waals surface area contributed by atoms with Gasteiger partial charge in [-0.15, -0.1) is 0 Å². The van der Waals surface area contributed by atoms with E-state index in [1.165, 1.54) is 25.7 Å². The molecule has 3 rings (SSSR count). The molecule has 2 heterocycles. The maximum Gasteiger partial charge on any atom is 0.238 e. The SMILES string of the molecule is O=C1CCN(CC2CCCN2)N1C1CC1. The minimum Gasteiger partial charge on any atom is -0.313 e. The van der Waals surface area contributed by atoms with Gasteiger partial charge >= 0.3 is 0 Å². The van der Waals surface area contributed by atoms with E-state index in [0.29, 0.717) is 18.0 Å². The van der Waals surface area contributed by atoms with Crippen LogP contribution in [0.5, 0.6) is 0 Å². The molecule has 3 fully saturated rings. The number of hydrogen-bond acceptors (Lipinski definition) is 3. The van der Waals surface area contributed by atoms with E-state index in [1.54, 1.807) is 0 Å². The fourth-order valence-electron chi connectivity index (χ4n) is 2.70. The molecule has 0 aromatic carbocycles. The van der Waals surface area contributed by atoms with Crippen molar-refractivity contribution >= 4 is 5.91 Å². The molecule has 1 atom stereocenters. The first-order valence-electron chi connectivity index (χ1n) is 6.15. The second-order valence-electron chi connectivity index (χ2n) is 4.93. The van der Waals surface area contributed by atoms with Crippen LogP contribution in [0.2, 0.25) is 0 Å². The molecule has 0 radical (unpaired) electrons. The zero-order valence-electron chi connectivity index (χ0n) is 9.11. The molecule has 1 saturated carbocycles. The van der Waals surface area contributed by atoms with E-state index in [-0.39, 0.29) is 0 Å². The average Bonchev–Trinajstić information content (AvgIpc) is 2.80. The molecular formula is C11H19N3O. The number of hydrazine groups is 1. The van der Waals surface area contributed by atoms with Crippen molar-refractivity contribution in [2.24, 2.45) is 0 Å². The molecule has 3 aliphatic rings. The molecule has 84 valence electrons. The van der Waals surface area contributed by atoms with Crippen LogP contribution in [0.3, 0.4) is 0 Å². The van der Waals surface area contributed by atoms with Crippen molar-refractivity contribution in [2.75, 3.05) is 19.6 Å². The van der Waals surface area contributed by atoms with Gasteiger partial charge in [0, 0.05) is 31.6 Å². The molecule has 0 spiro atoms. The lowest BCUT2D eigenvalue weighted by atomic mass is 10.2. The first-order valence-corrected chi connectivity index (χ1v) is 6.15. The largest absolute Gasteiger partial charge is 0.313 e. The Bertz CT molecular complexity index is 259. The highest BCUT2D eigenvalue weighted by Crippen LogP contribution is 2.31.